The van der Waals surface area contributed by atoms with Crippen molar-refractivity contribution in [2.45, 2.75) is 38.3 Å². The van der Waals surface area contributed by atoms with Crippen molar-refractivity contribution in [1.82, 2.24) is 4.90 Å². The fourth-order valence-corrected chi connectivity index (χ4v) is 4.20. The van der Waals surface area contributed by atoms with Crippen molar-refractivity contribution < 1.29 is 10.2 Å². The molecule has 1 aliphatic heterocycles. The van der Waals surface area contributed by atoms with E-state index in [1.54, 1.807) is 12.1 Å². The maximum Gasteiger partial charge on any atom is 0.157 e. The standard InChI is InChI=1S/C19H21NO2/c1-11-3-4-13-10-20(2)16-6-5-12-8-17(21)18(22)9-15(12)19(16)14(13)7-11/h3-4,7-9,16,19,21-22H,5-6,10H2,1-2H3/t16-,19-/m0/s1. The largest absolute Gasteiger partial charge is 0.504 e. The fourth-order valence-electron chi connectivity index (χ4n) is 4.20. The van der Waals surface area contributed by atoms with Crippen molar-refractivity contribution in [3.63, 3.8) is 0 Å². The minimum atomic E-state index is -0.0122. The maximum absolute atomic E-state index is 9.97. The number of phenols is 2. The fraction of sp³-hybridized carbons (Fsp3) is 0.368. The minimum Gasteiger partial charge on any atom is -0.504 e. The van der Waals surface area contributed by atoms with E-state index >= 15 is 0 Å². The molecule has 0 saturated carbocycles. The Hall–Kier alpha value is -2.00. The number of likely N-dealkylation sites (N-methyl/N-ethyl adjacent to an activating group) is 1. The molecule has 0 fully saturated rings. The van der Waals surface area contributed by atoms with Gasteiger partial charge in [0.15, 0.2) is 11.5 Å². The van der Waals surface area contributed by atoms with Gasteiger partial charge in [-0.25, -0.2) is 0 Å². The van der Waals surface area contributed by atoms with Gasteiger partial charge in [0.2, 0.25) is 0 Å². The third-order valence-electron chi connectivity index (χ3n) is 5.29. The molecule has 2 aliphatic rings. The number of rotatable bonds is 0. The van der Waals surface area contributed by atoms with Gasteiger partial charge in [-0.1, -0.05) is 23.8 Å². The Morgan fingerprint density at radius 1 is 1.00 bits per heavy atom. The number of aryl methyl sites for hydroxylation is 2. The van der Waals surface area contributed by atoms with Crippen LogP contribution in [-0.2, 0) is 13.0 Å². The molecule has 0 radical (unpaired) electrons. The minimum absolute atomic E-state index is 0.00849. The van der Waals surface area contributed by atoms with E-state index in [1.807, 2.05) is 0 Å². The van der Waals surface area contributed by atoms with Crippen LogP contribution in [0.15, 0.2) is 30.3 Å². The number of fused-ring (bicyclic) bond motifs is 5. The van der Waals surface area contributed by atoms with Crippen molar-refractivity contribution in [3.8, 4) is 11.5 Å². The topological polar surface area (TPSA) is 43.7 Å². The van der Waals surface area contributed by atoms with E-state index in [-0.39, 0.29) is 17.4 Å². The monoisotopic (exact) mass is 295 g/mol. The lowest BCUT2D eigenvalue weighted by atomic mass is 9.71. The van der Waals surface area contributed by atoms with E-state index in [0.717, 1.165) is 19.4 Å². The molecule has 1 heterocycles. The predicted octanol–water partition coefficient (Wildman–Crippen LogP) is 3.30. The first kappa shape index (κ1) is 13.6. The van der Waals surface area contributed by atoms with Crippen molar-refractivity contribution >= 4 is 0 Å². The van der Waals surface area contributed by atoms with Gasteiger partial charge in [0, 0.05) is 18.5 Å². The number of aromatic hydroxyl groups is 2. The second-order valence-corrected chi connectivity index (χ2v) is 6.74. The molecule has 0 bridgehead atoms. The first-order chi connectivity index (χ1) is 10.5. The van der Waals surface area contributed by atoms with Gasteiger partial charge in [-0.05, 0) is 61.2 Å². The number of hydrogen-bond acceptors (Lipinski definition) is 3. The van der Waals surface area contributed by atoms with Crippen LogP contribution >= 0.6 is 0 Å². The highest BCUT2D eigenvalue weighted by Crippen LogP contribution is 2.46. The molecular weight excluding hydrogens is 274 g/mol. The van der Waals surface area contributed by atoms with Gasteiger partial charge < -0.3 is 10.2 Å². The molecule has 0 saturated heterocycles. The van der Waals surface area contributed by atoms with E-state index in [4.69, 9.17) is 0 Å². The van der Waals surface area contributed by atoms with Crippen molar-refractivity contribution in [2.24, 2.45) is 0 Å². The van der Waals surface area contributed by atoms with Gasteiger partial charge in [-0.3, -0.25) is 4.90 Å². The van der Waals surface area contributed by atoms with Crippen LogP contribution in [0.25, 0.3) is 0 Å². The van der Waals surface area contributed by atoms with Crippen LogP contribution in [0.2, 0.25) is 0 Å². The first-order valence-electron chi connectivity index (χ1n) is 7.89. The summed E-state index contributed by atoms with van der Waals surface area (Å²) < 4.78 is 0. The van der Waals surface area contributed by atoms with Gasteiger partial charge in [0.25, 0.3) is 0 Å². The summed E-state index contributed by atoms with van der Waals surface area (Å²) in [4.78, 5) is 2.43. The molecule has 3 nitrogen and oxygen atoms in total. The Labute approximate surface area is 130 Å². The Bertz CT molecular complexity index is 753. The van der Waals surface area contributed by atoms with Gasteiger partial charge in [-0.15, -0.1) is 0 Å². The molecule has 2 N–H and O–H groups in total. The molecule has 0 aromatic heterocycles. The third kappa shape index (κ3) is 1.92. The van der Waals surface area contributed by atoms with Crippen LogP contribution in [-0.4, -0.2) is 28.2 Å². The molecule has 1 aliphatic carbocycles. The normalized spacial score (nSPS) is 23.5. The summed E-state index contributed by atoms with van der Waals surface area (Å²) in [7, 11) is 2.19. The van der Waals surface area contributed by atoms with Crippen LogP contribution in [0.4, 0.5) is 0 Å². The highest BCUT2D eigenvalue weighted by atomic mass is 16.3. The Balaban J connectivity index is 1.94. The van der Waals surface area contributed by atoms with E-state index in [0.29, 0.717) is 6.04 Å². The first-order valence-corrected chi connectivity index (χ1v) is 7.89. The van der Waals surface area contributed by atoms with E-state index in [9.17, 15) is 10.2 Å². The Morgan fingerprint density at radius 3 is 2.55 bits per heavy atom. The summed E-state index contributed by atoms with van der Waals surface area (Å²) in [5.74, 6) is 0.261. The van der Waals surface area contributed by atoms with Crippen LogP contribution < -0.4 is 0 Å². The number of nitrogens with zero attached hydrogens (tertiary/aromatic N) is 1. The molecule has 0 spiro atoms. The highest BCUT2D eigenvalue weighted by Gasteiger charge is 2.38. The van der Waals surface area contributed by atoms with Gasteiger partial charge in [0.1, 0.15) is 0 Å². The Morgan fingerprint density at radius 2 is 1.73 bits per heavy atom. The molecule has 114 valence electrons. The zero-order chi connectivity index (χ0) is 15.4. The summed E-state index contributed by atoms with van der Waals surface area (Å²) in [5.41, 5.74) is 6.37. The van der Waals surface area contributed by atoms with Crippen molar-refractivity contribution in [3.05, 3.63) is 58.1 Å². The molecule has 0 amide bonds. The molecule has 4 rings (SSSR count). The number of hydrogen-bond donors (Lipinski definition) is 2. The molecule has 2 aromatic rings. The predicted molar refractivity (Wildman–Crippen MR) is 86.4 cm³/mol. The molecule has 0 unspecified atom stereocenters. The third-order valence-corrected chi connectivity index (χ3v) is 5.29. The molecule has 3 heteroatoms. The summed E-state index contributed by atoms with van der Waals surface area (Å²) in [5, 5.41) is 19.8. The quantitative estimate of drug-likeness (QED) is 0.733. The molecule has 22 heavy (non-hydrogen) atoms. The van der Waals surface area contributed by atoms with Crippen LogP contribution in [0.3, 0.4) is 0 Å². The van der Waals surface area contributed by atoms with Gasteiger partial charge in [0.05, 0.1) is 0 Å². The summed E-state index contributed by atoms with van der Waals surface area (Å²) in [6.07, 6.45) is 2.04. The van der Waals surface area contributed by atoms with Crippen LogP contribution in [0, 0.1) is 6.92 Å². The highest BCUT2D eigenvalue weighted by molar-refractivity contribution is 5.53. The Kier molecular flexibility index (Phi) is 2.95. The molecule has 2 atom stereocenters. The average Bonchev–Trinajstić information content (AvgIpc) is 2.49. The summed E-state index contributed by atoms with van der Waals surface area (Å²) in [6, 6.07) is 10.7. The maximum atomic E-state index is 9.97. The van der Waals surface area contributed by atoms with E-state index in [2.05, 4.69) is 37.1 Å². The average molecular weight is 295 g/mol. The lowest BCUT2D eigenvalue weighted by Crippen LogP contribution is -2.43. The van der Waals surface area contributed by atoms with Crippen LogP contribution in [0.5, 0.6) is 11.5 Å². The summed E-state index contributed by atoms with van der Waals surface area (Å²) in [6.45, 7) is 3.11. The van der Waals surface area contributed by atoms with E-state index in [1.165, 1.54) is 27.8 Å². The van der Waals surface area contributed by atoms with Gasteiger partial charge in [-0.2, -0.15) is 0 Å². The molecule has 2 aromatic carbocycles. The second kappa shape index (κ2) is 4.75. The second-order valence-electron chi connectivity index (χ2n) is 6.74. The lowest BCUT2D eigenvalue weighted by Gasteiger charge is -2.44. The number of phenolic OH excluding ortho intramolecular Hbond substituents is 2. The van der Waals surface area contributed by atoms with Gasteiger partial charge >= 0.3 is 0 Å². The van der Waals surface area contributed by atoms with Crippen molar-refractivity contribution in [2.75, 3.05) is 7.05 Å². The summed E-state index contributed by atoms with van der Waals surface area (Å²) >= 11 is 0. The SMILES string of the molecule is Cc1ccc2c(c1)[C@H]1c3cc(O)c(O)cc3CC[C@@H]1N(C)C2. The molecular formula is C19H21NO2. The van der Waals surface area contributed by atoms with Crippen LogP contribution in [0.1, 0.15) is 40.2 Å². The number of benzene rings is 2. The zero-order valence-corrected chi connectivity index (χ0v) is 13.0. The smallest absolute Gasteiger partial charge is 0.157 e. The lowest BCUT2D eigenvalue weighted by molar-refractivity contribution is 0.178. The van der Waals surface area contributed by atoms with E-state index < -0.39 is 0 Å². The zero-order valence-electron chi connectivity index (χ0n) is 13.0. The van der Waals surface area contributed by atoms with Crippen molar-refractivity contribution in [1.29, 1.82) is 0 Å².